The Balaban J connectivity index is 1.58. The van der Waals surface area contributed by atoms with E-state index in [9.17, 15) is 4.79 Å². The fraction of sp³-hybridized carbons (Fsp3) is 0.360. The minimum Gasteiger partial charge on any atom is -0.322 e. The number of nitrogens with one attached hydrogen (secondary N) is 1. The molecule has 3 aromatic rings. The molecule has 0 aliphatic carbocycles. The summed E-state index contributed by atoms with van der Waals surface area (Å²) in [6.45, 7) is 9.38. The van der Waals surface area contributed by atoms with Gasteiger partial charge in [0.1, 0.15) is 0 Å². The molecule has 2 heterocycles. The second kappa shape index (κ2) is 10.1. The monoisotopic (exact) mass is 468 g/mol. The number of nitrogens with zero attached hydrogens (tertiary/aromatic N) is 3. The molecule has 0 saturated carbocycles. The van der Waals surface area contributed by atoms with E-state index in [1.807, 2.05) is 52.8 Å². The van der Waals surface area contributed by atoms with Crippen LogP contribution in [0.3, 0.4) is 0 Å². The van der Waals surface area contributed by atoms with Gasteiger partial charge >= 0.3 is 0 Å². The van der Waals surface area contributed by atoms with Gasteiger partial charge in [-0.05, 0) is 54.3 Å². The number of hydrogen-bond acceptors (Lipinski definition) is 4. The summed E-state index contributed by atoms with van der Waals surface area (Å²) in [7, 11) is 0. The van der Waals surface area contributed by atoms with Crippen molar-refractivity contribution in [1.82, 2.24) is 14.7 Å². The van der Waals surface area contributed by atoms with Crippen LogP contribution in [-0.2, 0) is 6.54 Å². The van der Waals surface area contributed by atoms with E-state index < -0.39 is 0 Å². The van der Waals surface area contributed by atoms with Gasteiger partial charge in [0.25, 0.3) is 5.91 Å². The van der Waals surface area contributed by atoms with Crippen molar-refractivity contribution in [2.45, 2.75) is 33.2 Å². The topological polar surface area (TPSA) is 50.2 Å². The van der Waals surface area contributed by atoms with Gasteiger partial charge in [0.2, 0.25) is 0 Å². The molecule has 4 rings (SSSR count). The maximum absolute atomic E-state index is 13.3. The summed E-state index contributed by atoms with van der Waals surface area (Å²) in [5, 5.41) is 8.33. The van der Waals surface area contributed by atoms with Gasteiger partial charge in [-0.25, -0.2) is 4.68 Å². The summed E-state index contributed by atoms with van der Waals surface area (Å²) < 4.78 is 1.83. The molecule has 7 heteroatoms. The summed E-state index contributed by atoms with van der Waals surface area (Å²) in [6.07, 6.45) is 1.66. The third kappa shape index (κ3) is 5.03. The van der Waals surface area contributed by atoms with Gasteiger partial charge in [-0.15, -0.1) is 0 Å². The summed E-state index contributed by atoms with van der Waals surface area (Å²) in [6, 6.07) is 13.6. The van der Waals surface area contributed by atoms with E-state index in [-0.39, 0.29) is 11.8 Å². The van der Waals surface area contributed by atoms with Crippen LogP contribution in [0.1, 0.15) is 46.9 Å². The van der Waals surface area contributed by atoms with Crippen LogP contribution in [-0.4, -0.2) is 45.2 Å². The quantitative estimate of drug-likeness (QED) is 0.499. The molecule has 1 aliphatic heterocycles. The number of rotatable bonds is 6. The van der Waals surface area contributed by atoms with Gasteiger partial charge in [0.05, 0.1) is 23.1 Å². The fourth-order valence-corrected chi connectivity index (χ4v) is 5.16. The van der Waals surface area contributed by atoms with Gasteiger partial charge < -0.3 is 5.32 Å². The molecule has 1 saturated heterocycles. The Bertz CT molecular complexity index is 1090. The van der Waals surface area contributed by atoms with Crippen molar-refractivity contribution in [3.63, 3.8) is 0 Å². The second-order valence-corrected chi connectivity index (χ2v) is 10.1. The molecule has 5 nitrogen and oxygen atoms in total. The van der Waals surface area contributed by atoms with Gasteiger partial charge in [-0.2, -0.15) is 16.9 Å². The predicted octanol–water partition coefficient (Wildman–Crippen LogP) is 5.76. The standard InChI is InChI=1S/C25H29ClN4OS/c1-17(2)24-22(15-27-30(24)21-9-7-20(26)8-10-21)25(31)28-23-6-4-5-19(18(23)3)16-29-11-13-32-14-12-29/h4-10,15,17H,11-14,16H2,1-3H3,(H,28,31). The first-order chi connectivity index (χ1) is 15.4. The largest absolute Gasteiger partial charge is 0.322 e. The Morgan fingerprint density at radius 1 is 1.16 bits per heavy atom. The van der Waals surface area contributed by atoms with E-state index in [0.717, 1.165) is 42.3 Å². The van der Waals surface area contributed by atoms with Crippen molar-refractivity contribution in [1.29, 1.82) is 0 Å². The Morgan fingerprint density at radius 2 is 1.88 bits per heavy atom. The van der Waals surface area contributed by atoms with Crippen molar-refractivity contribution < 1.29 is 4.79 Å². The van der Waals surface area contributed by atoms with Crippen molar-refractivity contribution in [2.75, 3.05) is 29.9 Å². The van der Waals surface area contributed by atoms with E-state index in [1.54, 1.807) is 6.20 Å². The molecule has 1 amide bonds. The zero-order chi connectivity index (χ0) is 22.7. The van der Waals surface area contributed by atoms with Crippen LogP contribution in [0, 0.1) is 6.92 Å². The molecule has 1 aromatic heterocycles. The second-order valence-electron chi connectivity index (χ2n) is 8.42. The first-order valence-corrected chi connectivity index (χ1v) is 12.5. The molecule has 0 atom stereocenters. The van der Waals surface area contributed by atoms with Gasteiger partial charge in [-0.1, -0.05) is 37.6 Å². The van der Waals surface area contributed by atoms with Crippen molar-refractivity contribution in [3.8, 4) is 5.69 Å². The highest BCUT2D eigenvalue weighted by Crippen LogP contribution is 2.27. The predicted molar refractivity (Wildman–Crippen MR) is 134 cm³/mol. The fourth-order valence-electron chi connectivity index (χ4n) is 4.06. The molecule has 2 aromatic carbocycles. The minimum atomic E-state index is -0.136. The van der Waals surface area contributed by atoms with E-state index in [0.29, 0.717) is 10.6 Å². The molecule has 0 bridgehead atoms. The molecule has 0 spiro atoms. The molecule has 1 N–H and O–H groups in total. The lowest BCUT2D eigenvalue weighted by molar-refractivity contribution is 0.102. The maximum atomic E-state index is 13.3. The third-order valence-electron chi connectivity index (χ3n) is 5.86. The van der Waals surface area contributed by atoms with Gasteiger partial charge in [0.15, 0.2) is 0 Å². The number of amides is 1. The van der Waals surface area contributed by atoms with Crippen molar-refractivity contribution in [3.05, 3.63) is 76.1 Å². The number of carbonyl (C=O) groups is 1. The molecule has 32 heavy (non-hydrogen) atoms. The number of halogens is 1. The molecular formula is C25H29ClN4OS. The van der Waals surface area contributed by atoms with Crippen LogP contribution < -0.4 is 5.32 Å². The summed E-state index contributed by atoms with van der Waals surface area (Å²) in [5.74, 6) is 2.36. The van der Waals surface area contributed by atoms with Crippen LogP contribution in [0.25, 0.3) is 5.69 Å². The summed E-state index contributed by atoms with van der Waals surface area (Å²) in [5.41, 5.74) is 5.59. The molecule has 168 valence electrons. The molecule has 1 aliphatic rings. The summed E-state index contributed by atoms with van der Waals surface area (Å²) >= 11 is 8.05. The minimum absolute atomic E-state index is 0.123. The van der Waals surface area contributed by atoms with Crippen LogP contribution >= 0.6 is 23.4 Å². The van der Waals surface area contributed by atoms with E-state index >= 15 is 0 Å². The Kier molecular flexibility index (Phi) is 7.23. The Labute approximate surface area is 199 Å². The third-order valence-corrected chi connectivity index (χ3v) is 7.06. The normalized spacial score (nSPS) is 14.7. The van der Waals surface area contributed by atoms with Crippen LogP contribution in [0.4, 0.5) is 5.69 Å². The van der Waals surface area contributed by atoms with Crippen LogP contribution in [0.15, 0.2) is 48.7 Å². The molecule has 0 unspecified atom stereocenters. The maximum Gasteiger partial charge on any atom is 0.259 e. The van der Waals surface area contributed by atoms with Crippen molar-refractivity contribution in [2.24, 2.45) is 0 Å². The number of carbonyl (C=O) groups excluding carboxylic acids is 1. The average Bonchev–Trinajstić information content (AvgIpc) is 3.23. The number of aromatic nitrogens is 2. The first kappa shape index (κ1) is 22.9. The Hall–Kier alpha value is -2.28. The van der Waals surface area contributed by atoms with Crippen LogP contribution in [0.5, 0.6) is 0 Å². The lowest BCUT2D eigenvalue weighted by Gasteiger charge is -2.27. The number of benzene rings is 2. The van der Waals surface area contributed by atoms with Gasteiger partial charge in [0, 0.05) is 41.8 Å². The highest BCUT2D eigenvalue weighted by molar-refractivity contribution is 7.99. The lowest BCUT2D eigenvalue weighted by Crippen LogP contribution is -2.32. The average molecular weight is 469 g/mol. The highest BCUT2D eigenvalue weighted by Gasteiger charge is 2.22. The molecule has 0 radical (unpaired) electrons. The Morgan fingerprint density at radius 3 is 2.56 bits per heavy atom. The summed E-state index contributed by atoms with van der Waals surface area (Å²) in [4.78, 5) is 15.8. The molecular weight excluding hydrogens is 440 g/mol. The van der Waals surface area contributed by atoms with E-state index in [4.69, 9.17) is 11.6 Å². The molecule has 1 fully saturated rings. The smallest absolute Gasteiger partial charge is 0.259 e. The van der Waals surface area contributed by atoms with Gasteiger partial charge in [-0.3, -0.25) is 9.69 Å². The van der Waals surface area contributed by atoms with E-state index in [2.05, 4.69) is 42.2 Å². The number of anilines is 1. The SMILES string of the molecule is Cc1c(CN2CCSCC2)cccc1NC(=O)c1cnn(-c2ccc(Cl)cc2)c1C(C)C. The number of hydrogen-bond donors (Lipinski definition) is 1. The lowest BCUT2D eigenvalue weighted by atomic mass is 10.0. The van der Waals surface area contributed by atoms with E-state index in [1.165, 1.54) is 17.1 Å². The zero-order valence-corrected chi connectivity index (χ0v) is 20.3. The number of thioether (sulfide) groups is 1. The first-order valence-electron chi connectivity index (χ1n) is 11.0. The highest BCUT2D eigenvalue weighted by atomic mass is 35.5. The zero-order valence-electron chi connectivity index (χ0n) is 18.8. The van der Waals surface area contributed by atoms with Crippen LogP contribution in [0.2, 0.25) is 5.02 Å². The van der Waals surface area contributed by atoms with Crippen molar-refractivity contribution >= 4 is 35.0 Å².